The van der Waals surface area contributed by atoms with E-state index in [0.717, 1.165) is 6.42 Å². The van der Waals surface area contributed by atoms with Crippen molar-refractivity contribution in [2.24, 2.45) is 0 Å². The molecule has 0 saturated carbocycles. The molecule has 1 aliphatic heterocycles. The Morgan fingerprint density at radius 3 is 2.15 bits per heavy atom. The number of hydrogen-bond acceptors (Lipinski definition) is 3. The van der Waals surface area contributed by atoms with Crippen molar-refractivity contribution in [3.8, 4) is 0 Å². The van der Waals surface area contributed by atoms with Gasteiger partial charge in [-0.1, -0.05) is 23.7 Å². The molecule has 1 atom stereocenters. The Morgan fingerprint density at radius 2 is 1.80 bits per heavy atom. The maximum Gasteiger partial charge on any atom is 0.511 e. The van der Waals surface area contributed by atoms with Crippen LogP contribution >= 0.6 is 0 Å². The van der Waals surface area contributed by atoms with Crippen LogP contribution in [-0.2, 0) is 10.3 Å². The average Bonchev–Trinajstić information content (AvgIpc) is 2.46. The third-order valence-electron chi connectivity index (χ3n) is 3.34. The normalized spacial score (nSPS) is 26.4. The molecule has 0 bridgehead atoms. The van der Waals surface area contributed by atoms with Crippen molar-refractivity contribution in [3.63, 3.8) is 0 Å². The number of alkyl halides is 2. The largest absolute Gasteiger partial charge is 0.511 e. The SMILES string of the molecule is CCCCCC[N+]1(S(=O)(=O)O)C(F)=C(F)N(C)C1(F)F. The minimum absolute atomic E-state index is 0.0994. The van der Waals surface area contributed by atoms with Crippen LogP contribution in [-0.4, -0.2) is 41.5 Å². The third-order valence-corrected chi connectivity index (χ3v) is 4.69. The van der Waals surface area contributed by atoms with E-state index in [-0.39, 0.29) is 6.42 Å². The Bertz CT molecular complexity index is 509. The summed E-state index contributed by atoms with van der Waals surface area (Å²) >= 11 is 0. The predicted octanol–water partition coefficient (Wildman–Crippen LogP) is 2.75. The Labute approximate surface area is 114 Å². The van der Waals surface area contributed by atoms with Crippen molar-refractivity contribution in [2.45, 2.75) is 38.8 Å². The second kappa shape index (κ2) is 5.49. The zero-order chi connectivity index (χ0) is 15.8. The van der Waals surface area contributed by atoms with Crippen LogP contribution in [0.3, 0.4) is 0 Å². The maximum atomic E-state index is 14.0. The van der Waals surface area contributed by atoms with E-state index < -0.39 is 43.7 Å². The molecule has 1 N–H and O–H groups in total. The molecule has 0 spiro atoms. The lowest BCUT2D eigenvalue weighted by Gasteiger charge is -2.33. The van der Waals surface area contributed by atoms with E-state index >= 15 is 0 Å². The van der Waals surface area contributed by atoms with Gasteiger partial charge in [-0.25, -0.2) is 9.45 Å². The summed E-state index contributed by atoms with van der Waals surface area (Å²) in [6, 6.07) is 0. The van der Waals surface area contributed by atoms with Gasteiger partial charge in [0.1, 0.15) is 6.54 Å². The molecule has 0 aromatic carbocycles. The summed E-state index contributed by atoms with van der Waals surface area (Å²) < 4.78 is 84.1. The van der Waals surface area contributed by atoms with Gasteiger partial charge in [0.25, 0.3) is 5.95 Å². The number of unbranched alkanes of at least 4 members (excludes halogenated alkanes) is 3. The van der Waals surface area contributed by atoms with E-state index in [0.29, 0.717) is 19.9 Å². The molecule has 5 nitrogen and oxygen atoms in total. The van der Waals surface area contributed by atoms with Crippen LogP contribution in [0.5, 0.6) is 0 Å². The molecule has 0 saturated heterocycles. The van der Waals surface area contributed by atoms with Crippen molar-refractivity contribution < 1.29 is 34.4 Å². The van der Waals surface area contributed by atoms with Crippen molar-refractivity contribution in [3.05, 3.63) is 11.9 Å². The van der Waals surface area contributed by atoms with Gasteiger partial charge < -0.3 is 0 Å². The summed E-state index contributed by atoms with van der Waals surface area (Å²) in [6.45, 7) is 0.890. The molecule has 0 aliphatic carbocycles. The molecule has 0 radical (unpaired) electrons. The molecule has 1 unspecified atom stereocenters. The number of halogens is 4. The summed E-state index contributed by atoms with van der Waals surface area (Å²) in [5.41, 5.74) is 0. The molecule has 118 valence electrons. The summed E-state index contributed by atoms with van der Waals surface area (Å²) in [7, 11) is -5.08. The van der Waals surface area contributed by atoms with E-state index in [4.69, 9.17) is 4.55 Å². The maximum absolute atomic E-state index is 14.0. The molecule has 0 aromatic rings. The Hall–Kier alpha value is -0.870. The standard InChI is InChI=1S/C10H16F4N2O3S/c1-3-4-5-6-7-16(20(17,18)19)9(12)8(11)15(2)10(16,13)14/h3-7H2,1-2H3/p+1. The van der Waals surface area contributed by atoms with Crippen LogP contribution in [0.25, 0.3) is 0 Å². The monoisotopic (exact) mass is 321 g/mol. The van der Waals surface area contributed by atoms with Crippen LogP contribution in [0, 0.1) is 0 Å². The molecule has 1 heterocycles. The second-order valence-corrected chi connectivity index (χ2v) is 6.14. The van der Waals surface area contributed by atoms with Crippen LogP contribution in [0.4, 0.5) is 17.6 Å². The highest BCUT2D eigenvalue weighted by molar-refractivity contribution is 7.80. The van der Waals surface area contributed by atoms with E-state index in [1.807, 2.05) is 6.92 Å². The van der Waals surface area contributed by atoms with Crippen LogP contribution in [0.2, 0.25) is 0 Å². The van der Waals surface area contributed by atoms with Gasteiger partial charge >= 0.3 is 22.4 Å². The van der Waals surface area contributed by atoms with Crippen LogP contribution in [0.1, 0.15) is 32.6 Å². The van der Waals surface area contributed by atoms with E-state index in [1.165, 1.54) is 0 Å². The number of quaternary nitrogens is 1. The first-order chi connectivity index (χ1) is 9.04. The number of hydrogen-bond donors (Lipinski definition) is 1. The molecule has 0 fully saturated rings. The molecule has 20 heavy (non-hydrogen) atoms. The topological polar surface area (TPSA) is 57.6 Å². The van der Waals surface area contributed by atoms with Gasteiger partial charge in [0, 0.05) is 7.05 Å². The van der Waals surface area contributed by atoms with Gasteiger partial charge in [0.2, 0.25) is 0 Å². The number of rotatable bonds is 6. The molecule has 0 amide bonds. The van der Waals surface area contributed by atoms with Crippen LogP contribution in [0.15, 0.2) is 11.9 Å². The lowest BCUT2D eigenvalue weighted by Crippen LogP contribution is -2.63. The van der Waals surface area contributed by atoms with Gasteiger partial charge in [-0.3, -0.25) is 0 Å². The van der Waals surface area contributed by atoms with Gasteiger partial charge in [-0.2, -0.15) is 4.39 Å². The summed E-state index contributed by atoms with van der Waals surface area (Å²) in [4.78, 5) is -0.421. The molecule has 1 aliphatic rings. The fraction of sp³-hybridized carbons (Fsp3) is 0.800. The molecular formula is C10H17F4N2O3S+. The Kier molecular flexibility index (Phi) is 4.72. The third kappa shape index (κ3) is 2.29. The predicted molar refractivity (Wildman–Crippen MR) is 62.8 cm³/mol. The highest BCUT2D eigenvalue weighted by atomic mass is 32.2. The number of nitrogens with zero attached hydrogens (tertiary/aromatic N) is 2. The average molecular weight is 321 g/mol. The van der Waals surface area contributed by atoms with Crippen molar-refractivity contribution >= 4 is 10.3 Å². The van der Waals surface area contributed by atoms with E-state index in [2.05, 4.69) is 0 Å². The molecule has 10 heteroatoms. The lowest BCUT2D eigenvalue weighted by molar-refractivity contribution is -0.889. The van der Waals surface area contributed by atoms with Crippen molar-refractivity contribution in [1.29, 1.82) is 0 Å². The molecule has 0 aromatic heterocycles. The van der Waals surface area contributed by atoms with Gasteiger partial charge in [-0.05, 0) is 12.8 Å². The first-order valence-electron chi connectivity index (χ1n) is 6.07. The van der Waals surface area contributed by atoms with E-state index in [1.54, 1.807) is 0 Å². The highest BCUT2D eigenvalue weighted by Crippen LogP contribution is 2.49. The van der Waals surface area contributed by atoms with Crippen molar-refractivity contribution in [1.82, 2.24) is 4.90 Å². The summed E-state index contributed by atoms with van der Waals surface area (Å²) in [6.07, 6.45) is -2.82. The Morgan fingerprint density at radius 1 is 1.25 bits per heavy atom. The van der Waals surface area contributed by atoms with Crippen LogP contribution < -0.4 is 0 Å². The second-order valence-electron chi connectivity index (χ2n) is 4.62. The fourth-order valence-corrected chi connectivity index (χ4v) is 3.15. The zero-order valence-corrected chi connectivity index (χ0v) is 11.9. The fourth-order valence-electron chi connectivity index (χ4n) is 2.12. The molecule has 1 rings (SSSR count). The smallest absolute Gasteiger partial charge is 0.241 e. The summed E-state index contributed by atoms with van der Waals surface area (Å²) in [5.74, 6) is -4.19. The van der Waals surface area contributed by atoms with E-state index in [9.17, 15) is 26.0 Å². The quantitative estimate of drug-likeness (QED) is 0.269. The first kappa shape index (κ1) is 17.2. The molecular weight excluding hydrogens is 304 g/mol. The lowest BCUT2D eigenvalue weighted by atomic mass is 10.2. The summed E-state index contributed by atoms with van der Waals surface area (Å²) in [5, 5.41) is 0. The minimum atomic E-state index is -5.60. The minimum Gasteiger partial charge on any atom is -0.241 e. The van der Waals surface area contributed by atoms with Gasteiger partial charge in [-0.15, -0.1) is 21.6 Å². The first-order valence-corrected chi connectivity index (χ1v) is 7.47. The zero-order valence-electron chi connectivity index (χ0n) is 11.1. The van der Waals surface area contributed by atoms with Gasteiger partial charge in [0.15, 0.2) is 0 Å². The Balaban J connectivity index is 3.26. The van der Waals surface area contributed by atoms with Gasteiger partial charge in [0.05, 0.1) is 0 Å². The van der Waals surface area contributed by atoms with Crippen molar-refractivity contribution in [2.75, 3.05) is 13.6 Å². The highest BCUT2D eigenvalue weighted by Gasteiger charge is 2.75.